The zero-order valence-electron chi connectivity index (χ0n) is 70.1. The number of aromatic nitrogens is 3. The molecule has 2 heterocycles. The monoisotopic (exact) mass is 905 g/mol. The first-order valence-corrected chi connectivity index (χ1v) is 20.9. The van der Waals surface area contributed by atoms with Crippen molar-refractivity contribution in [2.45, 2.75) is 130 Å². The first kappa shape index (κ1) is 20.7. The summed E-state index contributed by atoms with van der Waals surface area (Å²) >= 11 is 0. The molecule has 0 aliphatic heterocycles. The molecule has 8 rings (SSSR count). The summed E-state index contributed by atoms with van der Waals surface area (Å²) in [6.45, 7) is -28.2. The quantitative estimate of drug-likeness (QED) is 0.181. The van der Waals surface area contributed by atoms with Gasteiger partial charge >= 0.3 is 0 Å². The fourth-order valence-corrected chi connectivity index (χ4v) is 7.66. The number of rotatable bonds is 6. The summed E-state index contributed by atoms with van der Waals surface area (Å²) < 4.78 is 296. The van der Waals surface area contributed by atoms with Crippen LogP contribution >= 0.6 is 0 Å². The number of phenolic OH excluding ortho intramolecular Hbond substituents is 1. The first-order valence-electron chi connectivity index (χ1n) is 37.4. The Morgan fingerprint density at radius 2 is 1.17 bits per heavy atom. The number of fused-ring (bicyclic) bond motifs is 1. The largest absolute Gasteiger partial charge is 0.507 e. The highest BCUT2D eigenvalue weighted by molar-refractivity contribution is 5.98. The summed E-state index contributed by atoms with van der Waals surface area (Å²) in [7, 11) is 0. The third-order valence-corrected chi connectivity index (χ3v) is 11.2. The van der Waals surface area contributed by atoms with Crippen LogP contribution in [0, 0.1) is 0 Å². The summed E-state index contributed by atoms with van der Waals surface area (Å²) in [6.07, 6.45) is 1.17. The number of imidazole rings is 1. The molecule has 8 aromatic rings. The van der Waals surface area contributed by atoms with Gasteiger partial charge in [-0.3, -0.25) is 9.55 Å². The minimum absolute atomic E-state index is 0.0160. The molecule has 0 saturated heterocycles. The second kappa shape index (κ2) is 16.6. The van der Waals surface area contributed by atoms with E-state index in [1.165, 1.54) is 48.7 Å². The maximum absolute atomic E-state index is 13.3. The molecule has 4 heteroatoms. The van der Waals surface area contributed by atoms with Crippen LogP contribution in [0.3, 0.4) is 0 Å². The third-order valence-electron chi connectivity index (χ3n) is 11.2. The number of pyridine rings is 1. The van der Waals surface area contributed by atoms with Crippen LogP contribution in [0.15, 0.2) is 140 Å². The second-order valence-electron chi connectivity index (χ2n) is 18.5. The highest BCUT2D eigenvalue weighted by Crippen LogP contribution is 2.46. The number of hydrogen-bond acceptors (Lipinski definition) is 3. The Bertz CT molecular complexity index is 4250. The van der Waals surface area contributed by atoms with E-state index >= 15 is 0 Å². The predicted molar refractivity (Wildman–Crippen MR) is 281 cm³/mol. The molecule has 0 aliphatic carbocycles. The lowest BCUT2D eigenvalue weighted by atomic mass is 9.79. The Morgan fingerprint density at radius 1 is 0.500 bits per heavy atom. The van der Waals surface area contributed by atoms with Gasteiger partial charge in [-0.1, -0.05) is 188 Å². The van der Waals surface area contributed by atoms with Gasteiger partial charge in [0.2, 0.25) is 0 Å². The van der Waals surface area contributed by atoms with E-state index in [2.05, 4.69) is 4.98 Å². The fourth-order valence-electron chi connectivity index (χ4n) is 7.66. The van der Waals surface area contributed by atoms with Crippen LogP contribution in [0.2, 0.25) is 0 Å². The molecule has 4 nitrogen and oxygen atoms in total. The minimum atomic E-state index is -4.63. The zero-order valence-corrected chi connectivity index (χ0v) is 37.1. The highest BCUT2D eigenvalue weighted by Gasteiger charge is 2.30. The summed E-state index contributed by atoms with van der Waals surface area (Å²) in [4.78, 5) is 9.41. The zero-order chi connectivity index (χ0) is 75.4. The van der Waals surface area contributed by atoms with Crippen molar-refractivity contribution < 1.29 is 50.3 Å². The number of hydrogen-bond donors (Lipinski definition) is 1. The van der Waals surface area contributed by atoms with Crippen LogP contribution in [0.25, 0.3) is 72.7 Å². The maximum atomic E-state index is 13.3. The Balaban J connectivity index is 1.72. The fraction of sp³-hybridized carbons (Fsp3) is 0.323. The van der Waals surface area contributed by atoms with Gasteiger partial charge in [-0.05, 0) is 120 Å². The lowest BCUT2D eigenvalue weighted by molar-refractivity contribution is 0.446. The molecule has 338 valence electrons. The summed E-state index contributed by atoms with van der Waals surface area (Å²) in [5.74, 6) is -2.92. The molecule has 0 saturated carbocycles. The smallest absolute Gasteiger partial charge is 0.149 e. The van der Waals surface area contributed by atoms with Gasteiger partial charge in [0.15, 0.2) is 0 Å². The second-order valence-corrected chi connectivity index (χ2v) is 18.5. The number of para-hydroxylation sites is 1. The van der Waals surface area contributed by atoms with Crippen LogP contribution in [-0.4, -0.2) is 19.6 Å². The average Bonchev–Trinajstić information content (AvgIpc) is 1.33. The minimum Gasteiger partial charge on any atom is -0.507 e. The molecule has 2 aromatic heterocycles. The number of benzene rings is 6. The van der Waals surface area contributed by atoms with E-state index in [1.807, 2.05) is 20.8 Å². The van der Waals surface area contributed by atoms with Crippen molar-refractivity contribution in [2.24, 2.45) is 0 Å². The first-order chi connectivity index (χ1) is 44.6. The Labute approximate surface area is 441 Å². The molecule has 0 amide bonds. The average molecular weight is 905 g/mol. The van der Waals surface area contributed by atoms with Gasteiger partial charge < -0.3 is 5.11 Å². The maximum Gasteiger partial charge on any atom is 0.149 e. The van der Waals surface area contributed by atoms with E-state index in [-0.39, 0.29) is 55.8 Å². The van der Waals surface area contributed by atoms with E-state index < -0.39 is 164 Å². The summed E-state index contributed by atoms with van der Waals surface area (Å²) in [5, 5.41) is 13.3. The van der Waals surface area contributed by atoms with Gasteiger partial charge in [-0.2, -0.15) is 0 Å². The lowest BCUT2D eigenvalue weighted by Gasteiger charge is -2.28. The molecular formula is C62H69N3O. The van der Waals surface area contributed by atoms with Crippen LogP contribution in [0.4, 0.5) is 0 Å². The van der Waals surface area contributed by atoms with Gasteiger partial charge in [0.1, 0.15) is 11.6 Å². The molecule has 0 unspecified atom stereocenters. The molecular weight excluding hydrogens is 803 g/mol. The van der Waals surface area contributed by atoms with Gasteiger partial charge in [-0.25, -0.2) is 4.98 Å². The highest BCUT2D eigenvalue weighted by atomic mass is 16.3. The SMILES string of the molecule is [2H]c1c([2H])c(C(C)(C)C)c([2H])c([2H])c1-c1ccnc(-c2cc(-c3cccc4c3nc(-c3c([2H])c(C(C([2H])([2H])[2H])(C([2H])([2H])[2H])C([2H])([2H])[2H])c([2H])c(C(C([2H])([2H])[2H])(C([2H])([2H])[2H])C([2H])([2H])[2H])c3O)n4-c3ccc(C(C)(C)C)cc3-c3ccccc3)cc(C(C([2H])([2H])[2H])(C([2H])([2H])[2H])C([2H])([2H])[2H])c2)c1. The van der Waals surface area contributed by atoms with Crippen molar-refractivity contribution in [3.8, 4) is 67.5 Å². The molecule has 6 aromatic carbocycles. The molecule has 0 spiro atoms. The van der Waals surface area contributed by atoms with Crippen molar-refractivity contribution in [2.75, 3.05) is 0 Å². The molecule has 0 aliphatic rings. The van der Waals surface area contributed by atoms with E-state index in [1.54, 1.807) is 63.2 Å². The van der Waals surface area contributed by atoms with Crippen LogP contribution in [0.1, 0.15) is 176 Å². The number of aromatic hydroxyl groups is 1. The molecule has 0 radical (unpaired) electrons. The molecule has 0 fully saturated rings. The van der Waals surface area contributed by atoms with E-state index in [9.17, 15) is 7.85 Å². The van der Waals surface area contributed by atoms with Crippen LogP contribution < -0.4 is 0 Å². The molecule has 66 heavy (non-hydrogen) atoms. The van der Waals surface area contributed by atoms with Crippen molar-refractivity contribution in [1.82, 2.24) is 14.5 Å². The normalized spacial score (nSPS) is 21.9. The Hall–Kier alpha value is -6.26. The van der Waals surface area contributed by atoms with Gasteiger partial charge in [0.05, 0.1) is 36.2 Å². The molecule has 0 bridgehead atoms. The van der Waals surface area contributed by atoms with Crippen molar-refractivity contribution >= 4 is 11.0 Å². The van der Waals surface area contributed by atoms with Crippen molar-refractivity contribution in [3.63, 3.8) is 0 Å². The van der Waals surface area contributed by atoms with Gasteiger partial charge in [0, 0.05) is 65.5 Å². The number of nitrogens with zero attached hydrogens (tertiary/aromatic N) is 3. The molecule has 0 atom stereocenters. The molecule has 1 N–H and O–H groups in total. The summed E-state index contributed by atoms with van der Waals surface area (Å²) in [6, 6.07) is 17.0. The van der Waals surface area contributed by atoms with E-state index in [0.29, 0.717) is 11.1 Å². The van der Waals surface area contributed by atoms with Gasteiger partial charge in [0.25, 0.3) is 0 Å². The van der Waals surface area contributed by atoms with E-state index in [0.717, 1.165) is 16.7 Å². The van der Waals surface area contributed by atoms with Crippen molar-refractivity contribution in [1.29, 1.82) is 0 Å². The van der Waals surface area contributed by atoms with Gasteiger partial charge in [-0.15, -0.1) is 0 Å². The topological polar surface area (TPSA) is 50.9 Å². The van der Waals surface area contributed by atoms with Crippen molar-refractivity contribution in [3.05, 3.63) is 167 Å². The van der Waals surface area contributed by atoms with E-state index in [4.69, 9.17) is 47.5 Å². The Morgan fingerprint density at radius 3 is 1.83 bits per heavy atom. The predicted octanol–water partition coefficient (Wildman–Crippen LogP) is 16.9. The van der Waals surface area contributed by atoms with Crippen LogP contribution in [0.5, 0.6) is 5.75 Å². The standard InChI is InChI=1S/C62H69N3O/c1-58(2,3)44-26-24-39(25-27-44)41-30-31-63-52(35-41)43-32-42(33-46(34-43)60(7,8)9)48-22-19-23-54-55(48)64-57(50-37-47(61(10,11)12)38-51(56(50)66)62(13,14)15)65(54)53-29-28-45(59(4,5)6)36-49(53)40-20-17-16-18-21-40/h16-38,66H,1-15H3/i7D3,8D3,9D3,10D3,11D3,12D3,13D3,14D3,15D3,24D,25D,26D,27D,37D,38D. The third kappa shape index (κ3) is 9.12. The summed E-state index contributed by atoms with van der Waals surface area (Å²) in [5.41, 5.74) is -21.9. The lowest BCUT2D eigenvalue weighted by Crippen LogP contribution is -2.17. The Kier molecular flexibility index (Phi) is 5.20. The van der Waals surface area contributed by atoms with Crippen LogP contribution in [-0.2, 0) is 27.1 Å². The number of phenols is 1.